The number of hydrogen-bond acceptors (Lipinski definition) is 2. The van der Waals surface area contributed by atoms with Gasteiger partial charge in [-0.05, 0) is 56.3 Å². The topological polar surface area (TPSA) is 41.1 Å². The molecule has 1 amide bonds. The Labute approximate surface area is 108 Å². The highest BCUT2D eigenvalue weighted by Gasteiger charge is 2.38. The fourth-order valence-corrected chi connectivity index (χ4v) is 2.98. The lowest BCUT2D eigenvalue weighted by atomic mass is 9.83. The summed E-state index contributed by atoms with van der Waals surface area (Å²) in [6, 6.07) is 6.45. The lowest BCUT2D eigenvalue weighted by Gasteiger charge is -2.24. The summed E-state index contributed by atoms with van der Waals surface area (Å²) in [4.78, 5) is 11.9. The summed E-state index contributed by atoms with van der Waals surface area (Å²) >= 11 is 0. The second-order valence-electron chi connectivity index (χ2n) is 5.93. The van der Waals surface area contributed by atoms with E-state index < -0.39 is 5.41 Å². The second kappa shape index (κ2) is 4.09. The molecule has 2 N–H and O–H groups in total. The van der Waals surface area contributed by atoms with E-state index in [0.717, 1.165) is 24.3 Å². The van der Waals surface area contributed by atoms with Crippen molar-refractivity contribution in [3.8, 4) is 0 Å². The lowest BCUT2D eigenvalue weighted by Crippen LogP contribution is -2.29. The highest BCUT2D eigenvalue weighted by atomic mass is 16.2. The molecule has 18 heavy (non-hydrogen) atoms. The summed E-state index contributed by atoms with van der Waals surface area (Å²) < 4.78 is 0. The predicted octanol–water partition coefficient (Wildman–Crippen LogP) is 2.38. The number of rotatable bonds is 1. The first-order valence-corrected chi connectivity index (χ1v) is 6.75. The predicted molar refractivity (Wildman–Crippen MR) is 72.9 cm³/mol. The summed E-state index contributed by atoms with van der Waals surface area (Å²) in [6.07, 6.45) is 2.48. The standard InChI is InChI=1S/C15H20N2O/c1-15(2)12-8-10(11-4-3-7-16-9-11)5-6-13(12)17-14(15)18/h5-6,8,11,16H,3-4,7,9H2,1-2H3,(H,17,18). The van der Waals surface area contributed by atoms with Crippen molar-refractivity contribution in [1.82, 2.24) is 5.32 Å². The molecule has 0 radical (unpaired) electrons. The molecule has 3 heteroatoms. The number of amides is 1. The van der Waals surface area contributed by atoms with Gasteiger partial charge in [-0.15, -0.1) is 0 Å². The van der Waals surface area contributed by atoms with Crippen molar-refractivity contribution < 1.29 is 4.79 Å². The first kappa shape index (κ1) is 11.7. The van der Waals surface area contributed by atoms with Gasteiger partial charge in [0, 0.05) is 12.2 Å². The van der Waals surface area contributed by atoms with E-state index in [2.05, 4.69) is 28.8 Å². The van der Waals surface area contributed by atoms with Crippen LogP contribution in [-0.4, -0.2) is 19.0 Å². The number of carbonyl (C=O) groups is 1. The second-order valence-corrected chi connectivity index (χ2v) is 5.93. The number of fused-ring (bicyclic) bond motifs is 1. The molecule has 2 aliphatic rings. The summed E-state index contributed by atoms with van der Waals surface area (Å²) in [5.41, 5.74) is 3.10. The Morgan fingerprint density at radius 3 is 2.89 bits per heavy atom. The number of benzene rings is 1. The SMILES string of the molecule is CC1(C)C(=O)Nc2ccc(C3CCCNC3)cc21. The van der Waals surface area contributed by atoms with Crippen molar-refractivity contribution in [2.45, 2.75) is 38.0 Å². The third kappa shape index (κ3) is 1.74. The van der Waals surface area contributed by atoms with Crippen LogP contribution in [0.3, 0.4) is 0 Å². The molecule has 1 fully saturated rings. The van der Waals surface area contributed by atoms with Crippen LogP contribution in [-0.2, 0) is 10.2 Å². The molecular weight excluding hydrogens is 224 g/mol. The van der Waals surface area contributed by atoms with E-state index in [4.69, 9.17) is 0 Å². The number of nitrogens with one attached hydrogen (secondary N) is 2. The van der Waals surface area contributed by atoms with Crippen LogP contribution in [0, 0.1) is 0 Å². The zero-order valence-corrected chi connectivity index (χ0v) is 11.0. The van der Waals surface area contributed by atoms with Crippen molar-refractivity contribution in [3.05, 3.63) is 29.3 Å². The van der Waals surface area contributed by atoms with Gasteiger partial charge in [-0.25, -0.2) is 0 Å². The fraction of sp³-hybridized carbons (Fsp3) is 0.533. The first-order chi connectivity index (χ1) is 8.59. The maximum absolute atomic E-state index is 11.9. The molecule has 0 saturated carbocycles. The van der Waals surface area contributed by atoms with Crippen LogP contribution in [0.5, 0.6) is 0 Å². The Bertz CT molecular complexity index is 487. The van der Waals surface area contributed by atoms with Crippen molar-refractivity contribution in [3.63, 3.8) is 0 Å². The molecular formula is C15H20N2O. The van der Waals surface area contributed by atoms with Gasteiger partial charge in [-0.1, -0.05) is 12.1 Å². The largest absolute Gasteiger partial charge is 0.325 e. The molecule has 1 unspecified atom stereocenters. The van der Waals surface area contributed by atoms with Gasteiger partial charge in [0.1, 0.15) is 0 Å². The minimum Gasteiger partial charge on any atom is -0.325 e. The quantitative estimate of drug-likeness (QED) is 0.796. The Kier molecular flexibility index (Phi) is 2.67. The smallest absolute Gasteiger partial charge is 0.234 e. The van der Waals surface area contributed by atoms with Crippen molar-refractivity contribution in [2.24, 2.45) is 0 Å². The molecule has 0 spiro atoms. The van der Waals surface area contributed by atoms with E-state index in [9.17, 15) is 4.79 Å². The summed E-state index contributed by atoms with van der Waals surface area (Å²) in [6.45, 7) is 6.18. The van der Waals surface area contributed by atoms with Gasteiger partial charge in [0.05, 0.1) is 5.41 Å². The molecule has 0 aliphatic carbocycles. The Morgan fingerprint density at radius 2 is 2.17 bits per heavy atom. The van der Waals surface area contributed by atoms with E-state index in [1.807, 2.05) is 13.8 Å². The zero-order valence-electron chi connectivity index (χ0n) is 11.0. The van der Waals surface area contributed by atoms with Crippen LogP contribution in [0.15, 0.2) is 18.2 Å². The molecule has 96 valence electrons. The van der Waals surface area contributed by atoms with Gasteiger partial charge in [0.2, 0.25) is 5.91 Å². The minimum atomic E-state index is -0.395. The van der Waals surface area contributed by atoms with E-state index >= 15 is 0 Å². The maximum Gasteiger partial charge on any atom is 0.234 e. The summed E-state index contributed by atoms with van der Waals surface area (Å²) in [7, 11) is 0. The van der Waals surface area contributed by atoms with Gasteiger partial charge < -0.3 is 10.6 Å². The number of piperidine rings is 1. The fourth-order valence-electron chi connectivity index (χ4n) is 2.98. The van der Waals surface area contributed by atoms with Crippen molar-refractivity contribution >= 4 is 11.6 Å². The molecule has 2 aliphatic heterocycles. The minimum absolute atomic E-state index is 0.108. The van der Waals surface area contributed by atoms with E-state index in [1.54, 1.807) is 0 Å². The third-order valence-corrected chi connectivity index (χ3v) is 4.30. The van der Waals surface area contributed by atoms with Crippen LogP contribution >= 0.6 is 0 Å². The normalized spacial score (nSPS) is 25.7. The first-order valence-electron chi connectivity index (χ1n) is 6.75. The Morgan fingerprint density at radius 1 is 1.33 bits per heavy atom. The average molecular weight is 244 g/mol. The van der Waals surface area contributed by atoms with Crippen LogP contribution < -0.4 is 10.6 Å². The van der Waals surface area contributed by atoms with Crippen LogP contribution in [0.2, 0.25) is 0 Å². The number of anilines is 1. The summed E-state index contributed by atoms with van der Waals surface area (Å²) in [5, 5.41) is 6.41. The molecule has 0 aromatic heterocycles. The third-order valence-electron chi connectivity index (χ3n) is 4.30. The average Bonchev–Trinajstić information content (AvgIpc) is 2.61. The monoisotopic (exact) mass is 244 g/mol. The number of hydrogen-bond donors (Lipinski definition) is 2. The lowest BCUT2D eigenvalue weighted by molar-refractivity contribution is -0.119. The van der Waals surface area contributed by atoms with Gasteiger partial charge in [-0.3, -0.25) is 4.79 Å². The zero-order chi connectivity index (χ0) is 12.8. The number of carbonyl (C=O) groups excluding carboxylic acids is 1. The van der Waals surface area contributed by atoms with Crippen LogP contribution in [0.25, 0.3) is 0 Å². The molecule has 0 bridgehead atoms. The molecule has 3 nitrogen and oxygen atoms in total. The summed E-state index contributed by atoms with van der Waals surface area (Å²) in [5.74, 6) is 0.701. The molecule has 2 heterocycles. The maximum atomic E-state index is 11.9. The Balaban J connectivity index is 1.96. The van der Waals surface area contributed by atoms with E-state index in [-0.39, 0.29) is 5.91 Å². The van der Waals surface area contributed by atoms with Crippen molar-refractivity contribution in [1.29, 1.82) is 0 Å². The van der Waals surface area contributed by atoms with E-state index in [0.29, 0.717) is 5.92 Å². The van der Waals surface area contributed by atoms with Crippen LogP contribution in [0.4, 0.5) is 5.69 Å². The molecule has 1 atom stereocenters. The van der Waals surface area contributed by atoms with Gasteiger partial charge in [-0.2, -0.15) is 0 Å². The molecule has 1 saturated heterocycles. The molecule has 3 rings (SSSR count). The van der Waals surface area contributed by atoms with Crippen LogP contribution in [0.1, 0.15) is 43.7 Å². The van der Waals surface area contributed by atoms with E-state index in [1.165, 1.54) is 18.4 Å². The highest BCUT2D eigenvalue weighted by Crippen LogP contribution is 2.39. The molecule has 1 aromatic rings. The van der Waals surface area contributed by atoms with Gasteiger partial charge >= 0.3 is 0 Å². The van der Waals surface area contributed by atoms with Gasteiger partial charge in [0.25, 0.3) is 0 Å². The van der Waals surface area contributed by atoms with Gasteiger partial charge in [0.15, 0.2) is 0 Å². The highest BCUT2D eigenvalue weighted by molar-refractivity contribution is 6.05. The van der Waals surface area contributed by atoms with Crippen molar-refractivity contribution in [2.75, 3.05) is 18.4 Å². The Hall–Kier alpha value is -1.35. The molecule has 1 aromatic carbocycles.